The molecule has 192 valence electrons. The van der Waals surface area contributed by atoms with Gasteiger partial charge in [-0.15, -0.1) is 0 Å². The van der Waals surface area contributed by atoms with Crippen molar-refractivity contribution >= 4 is 5.95 Å². The van der Waals surface area contributed by atoms with Gasteiger partial charge in [0.2, 0.25) is 11.8 Å². The molecular weight excluding hydrogens is 470 g/mol. The summed E-state index contributed by atoms with van der Waals surface area (Å²) in [6.07, 6.45) is 11.3. The molecule has 0 atom stereocenters. The molecule has 10 heteroatoms. The quantitative estimate of drug-likeness (QED) is 0.342. The minimum atomic E-state index is 0.139. The van der Waals surface area contributed by atoms with Crippen molar-refractivity contribution in [3.8, 4) is 39.9 Å². The molecule has 0 bridgehead atoms. The first-order valence-corrected chi connectivity index (χ1v) is 12.4. The van der Waals surface area contributed by atoms with E-state index >= 15 is 0 Å². The van der Waals surface area contributed by atoms with Crippen molar-refractivity contribution in [1.82, 2.24) is 29.7 Å². The lowest BCUT2D eigenvalue weighted by Crippen LogP contribution is -2.42. The molecule has 1 aliphatic carbocycles. The van der Waals surface area contributed by atoms with Crippen LogP contribution in [-0.2, 0) is 7.05 Å². The highest BCUT2D eigenvalue weighted by Gasteiger charge is 2.27. The minimum Gasteiger partial charge on any atom is -0.480 e. The maximum atomic E-state index is 9.32. The number of nitrogens with zero attached hydrogens (tertiary/aromatic N) is 7. The molecule has 0 radical (unpaired) electrons. The molecule has 0 saturated heterocycles. The van der Waals surface area contributed by atoms with Crippen LogP contribution in [0.3, 0.4) is 0 Å². The average Bonchev–Trinajstić information content (AvgIpc) is 3.32. The highest BCUT2D eigenvalue weighted by Crippen LogP contribution is 2.34. The van der Waals surface area contributed by atoms with Crippen molar-refractivity contribution in [1.29, 1.82) is 0 Å². The Balaban J connectivity index is 1.37. The van der Waals surface area contributed by atoms with E-state index in [9.17, 15) is 5.11 Å². The van der Waals surface area contributed by atoms with Crippen LogP contribution >= 0.6 is 0 Å². The lowest BCUT2D eigenvalue weighted by molar-refractivity contribution is 0.282. The molecule has 4 heterocycles. The van der Waals surface area contributed by atoms with Crippen molar-refractivity contribution in [2.75, 3.05) is 25.2 Å². The topological polar surface area (TPSA) is 111 Å². The van der Waals surface area contributed by atoms with Crippen LogP contribution in [0.5, 0.6) is 17.4 Å². The second kappa shape index (κ2) is 10.9. The van der Waals surface area contributed by atoms with Crippen LogP contribution in [0, 0.1) is 6.92 Å². The number of anilines is 1. The van der Waals surface area contributed by atoms with Gasteiger partial charge in [-0.25, -0.2) is 9.97 Å². The summed E-state index contributed by atoms with van der Waals surface area (Å²) in [7, 11) is 3.47. The van der Waals surface area contributed by atoms with E-state index < -0.39 is 0 Å². The Kier molecular flexibility index (Phi) is 7.27. The molecule has 37 heavy (non-hydrogen) atoms. The Labute approximate surface area is 216 Å². The third-order valence-corrected chi connectivity index (χ3v) is 6.54. The summed E-state index contributed by atoms with van der Waals surface area (Å²) in [4.78, 5) is 20.7. The van der Waals surface area contributed by atoms with E-state index in [-0.39, 0.29) is 6.61 Å². The summed E-state index contributed by atoms with van der Waals surface area (Å²) in [6.45, 7) is 2.75. The summed E-state index contributed by atoms with van der Waals surface area (Å²) in [5, 5.41) is 13.5. The first-order chi connectivity index (χ1) is 18.1. The van der Waals surface area contributed by atoms with Gasteiger partial charge in [-0.05, 0) is 50.8 Å². The van der Waals surface area contributed by atoms with Gasteiger partial charge in [-0.1, -0.05) is 0 Å². The maximum Gasteiger partial charge on any atom is 0.228 e. The monoisotopic (exact) mass is 501 g/mol. The lowest BCUT2D eigenvalue weighted by Gasteiger charge is -2.37. The van der Waals surface area contributed by atoms with E-state index in [0.29, 0.717) is 53.6 Å². The molecular formula is C27H31N7O3. The fourth-order valence-corrected chi connectivity index (χ4v) is 4.33. The molecule has 1 saturated carbocycles. The van der Waals surface area contributed by atoms with E-state index in [2.05, 4.69) is 20.0 Å². The van der Waals surface area contributed by atoms with Crippen molar-refractivity contribution < 1.29 is 14.6 Å². The number of pyridine rings is 2. The average molecular weight is 502 g/mol. The number of aliphatic hydroxyl groups excluding tert-OH is 1. The van der Waals surface area contributed by atoms with E-state index in [4.69, 9.17) is 19.4 Å². The summed E-state index contributed by atoms with van der Waals surface area (Å²) in [6, 6.07) is 7.86. The van der Waals surface area contributed by atoms with Gasteiger partial charge in [0.1, 0.15) is 11.5 Å². The van der Waals surface area contributed by atoms with Gasteiger partial charge in [0.05, 0.1) is 36.0 Å². The number of methoxy groups -OCH3 is 1. The Morgan fingerprint density at radius 3 is 2.65 bits per heavy atom. The van der Waals surface area contributed by atoms with Crippen molar-refractivity contribution in [2.45, 2.75) is 38.6 Å². The van der Waals surface area contributed by atoms with Gasteiger partial charge >= 0.3 is 0 Å². The number of ether oxygens (including phenoxy) is 2. The number of aliphatic hydroxyl groups is 1. The molecule has 0 unspecified atom stereocenters. The van der Waals surface area contributed by atoms with Crippen molar-refractivity contribution in [3.05, 3.63) is 54.7 Å². The number of hydrogen-bond donors (Lipinski definition) is 1. The smallest absolute Gasteiger partial charge is 0.228 e. The standard InChI is InChI=1S/C27H31N7O3/c1-18-25(37-21-10-11-28-24(14-21)19-15-30-33(2)17-19)9-8-23(31-18)22-16-29-27(32-26(22)36-3)34(12-5-13-35)20-6-4-7-20/h8-11,14-17,20,35H,4-7,12-13H2,1-3H3. The van der Waals surface area contributed by atoms with Gasteiger partial charge in [-0.3, -0.25) is 9.67 Å². The number of rotatable bonds is 10. The minimum absolute atomic E-state index is 0.139. The highest BCUT2D eigenvalue weighted by atomic mass is 16.5. The van der Waals surface area contributed by atoms with Gasteiger partial charge in [0.15, 0.2) is 0 Å². The summed E-state index contributed by atoms with van der Waals surface area (Å²) < 4.78 is 13.5. The fraction of sp³-hybridized carbons (Fsp3) is 0.370. The van der Waals surface area contributed by atoms with Crippen molar-refractivity contribution in [3.63, 3.8) is 0 Å². The summed E-state index contributed by atoms with van der Waals surface area (Å²) in [5.41, 5.74) is 3.83. The number of aryl methyl sites for hydroxylation is 2. The van der Waals surface area contributed by atoms with E-state index in [0.717, 1.165) is 29.8 Å². The van der Waals surface area contributed by atoms with Gasteiger partial charge in [-0.2, -0.15) is 10.1 Å². The molecule has 0 spiro atoms. The van der Waals surface area contributed by atoms with Gasteiger partial charge in [0, 0.05) is 56.5 Å². The zero-order valence-corrected chi connectivity index (χ0v) is 21.3. The first kappa shape index (κ1) is 24.6. The third-order valence-electron chi connectivity index (χ3n) is 6.54. The van der Waals surface area contributed by atoms with Crippen LogP contribution in [0.2, 0.25) is 0 Å². The SMILES string of the molecule is COc1nc(N(CCCO)C2CCC2)ncc1-c1ccc(Oc2ccnc(-c3cnn(C)c3)c2)c(C)n1. The van der Waals surface area contributed by atoms with Gasteiger partial charge in [0.25, 0.3) is 0 Å². The third kappa shape index (κ3) is 5.39. The Morgan fingerprint density at radius 1 is 1.11 bits per heavy atom. The van der Waals surface area contributed by atoms with Crippen LogP contribution in [-0.4, -0.2) is 61.1 Å². The molecule has 0 aromatic carbocycles. The molecule has 0 amide bonds. The molecule has 0 aliphatic heterocycles. The van der Waals surface area contributed by atoms with Gasteiger partial charge < -0.3 is 19.5 Å². The fourth-order valence-electron chi connectivity index (χ4n) is 4.33. The summed E-state index contributed by atoms with van der Waals surface area (Å²) >= 11 is 0. The van der Waals surface area contributed by atoms with Crippen LogP contribution in [0.25, 0.3) is 22.5 Å². The van der Waals surface area contributed by atoms with Crippen LogP contribution in [0.4, 0.5) is 5.95 Å². The van der Waals surface area contributed by atoms with E-state index in [1.807, 2.05) is 44.4 Å². The molecule has 1 fully saturated rings. The largest absolute Gasteiger partial charge is 0.480 e. The maximum absolute atomic E-state index is 9.32. The predicted octanol–water partition coefficient (Wildman–Crippen LogP) is 4.18. The second-order valence-corrected chi connectivity index (χ2v) is 9.11. The molecule has 1 aliphatic rings. The second-order valence-electron chi connectivity index (χ2n) is 9.11. The molecule has 4 aromatic rings. The van der Waals surface area contributed by atoms with Crippen LogP contribution < -0.4 is 14.4 Å². The van der Waals surface area contributed by atoms with E-state index in [1.165, 1.54) is 6.42 Å². The van der Waals surface area contributed by atoms with E-state index in [1.54, 1.807) is 30.4 Å². The normalized spacial score (nSPS) is 13.3. The van der Waals surface area contributed by atoms with Crippen LogP contribution in [0.15, 0.2) is 49.1 Å². The zero-order chi connectivity index (χ0) is 25.8. The molecule has 1 N–H and O–H groups in total. The Morgan fingerprint density at radius 2 is 1.97 bits per heavy atom. The molecule has 10 nitrogen and oxygen atoms in total. The highest BCUT2D eigenvalue weighted by molar-refractivity contribution is 5.66. The summed E-state index contributed by atoms with van der Waals surface area (Å²) in [5.74, 6) is 2.39. The number of hydrogen-bond acceptors (Lipinski definition) is 9. The van der Waals surface area contributed by atoms with Crippen molar-refractivity contribution in [2.24, 2.45) is 7.05 Å². The number of aromatic nitrogens is 6. The zero-order valence-electron chi connectivity index (χ0n) is 21.3. The Bertz CT molecular complexity index is 1370. The lowest BCUT2D eigenvalue weighted by atomic mass is 9.91. The first-order valence-electron chi connectivity index (χ1n) is 12.4. The molecule has 4 aromatic heterocycles. The predicted molar refractivity (Wildman–Crippen MR) is 140 cm³/mol. The van der Waals surface area contributed by atoms with Crippen LogP contribution in [0.1, 0.15) is 31.4 Å². The Hall–Kier alpha value is -4.05. The molecule has 5 rings (SSSR count).